The number of anilines is 1. The van der Waals surface area contributed by atoms with Crippen LogP contribution in [0.4, 0.5) is 5.95 Å². The molecule has 0 atom stereocenters. The fraction of sp³-hybridized carbons (Fsp3) is 0.692. The molecule has 0 aliphatic carbocycles. The molecule has 0 aromatic carbocycles. The summed E-state index contributed by atoms with van der Waals surface area (Å²) in [5.74, 6) is 0.535. The number of imidazole rings is 1. The molecule has 0 amide bonds. The molecular formula is C13H23N5O. The molecule has 0 radical (unpaired) electrons. The lowest BCUT2D eigenvalue weighted by Gasteiger charge is -2.09. The second-order valence-corrected chi connectivity index (χ2v) is 5.03. The predicted molar refractivity (Wildman–Crippen MR) is 76.0 cm³/mol. The van der Waals surface area contributed by atoms with Crippen LogP contribution in [0.15, 0.2) is 0 Å². The van der Waals surface area contributed by atoms with Crippen LogP contribution in [-0.2, 0) is 24.8 Å². The molecule has 0 aliphatic rings. The third-order valence-corrected chi connectivity index (χ3v) is 3.07. The van der Waals surface area contributed by atoms with Crippen molar-refractivity contribution in [2.45, 2.75) is 46.3 Å². The normalized spacial score (nSPS) is 11.8. The zero-order chi connectivity index (χ0) is 14.0. The van der Waals surface area contributed by atoms with E-state index in [4.69, 9.17) is 10.5 Å². The monoisotopic (exact) mass is 265 g/mol. The maximum absolute atomic E-state index is 6.00. The van der Waals surface area contributed by atoms with Gasteiger partial charge in [-0.15, -0.1) is 0 Å². The van der Waals surface area contributed by atoms with Gasteiger partial charge in [0.1, 0.15) is 5.52 Å². The number of aromatic nitrogens is 4. The molecule has 2 aromatic rings. The van der Waals surface area contributed by atoms with Gasteiger partial charge in [-0.2, -0.15) is 5.10 Å². The molecule has 0 spiro atoms. The van der Waals surface area contributed by atoms with Crippen LogP contribution in [-0.4, -0.2) is 32.0 Å². The lowest BCUT2D eigenvalue weighted by Crippen LogP contribution is -2.13. The van der Waals surface area contributed by atoms with Crippen molar-refractivity contribution >= 4 is 17.1 Å². The van der Waals surface area contributed by atoms with E-state index < -0.39 is 0 Å². The zero-order valence-corrected chi connectivity index (χ0v) is 12.2. The Kier molecular flexibility index (Phi) is 4.09. The Morgan fingerprint density at radius 3 is 2.74 bits per heavy atom. The fourth-order valence-corrected chi connectivity index (χ4v) is 2.26. The van der Waals surface area contributed by atoms with E-state index in [0.717, 1.165) is 29.7 Å². The number of nitrogens with zero attached hydrogens (tertiary/aromatic N) is 4. The molecule has 106 valence electrons. The molecule has 6 nitrogen and oxygen atoms in total. The minimum atomic E-state index is 0.224. The number of fused-ring (bicyclic) bond motifs is 1. The van der Waals surface area contributed by atoms with Crippen LogP contribution in [0.2, 0.25) is 0 Å². The molecule has 0 fully saturated rings. The second kappa shape index (κ2) is 5.61. The van der Waals surface area contributed by atoms with Gasteiger partial charge >= 0.3 is 0 Å². The first kappa shape index (κ1) is 13.9. The molecule has 2 aromatic heterocycles. The standard InChI is InChI=1S/C13H23N5O/c1-5-6-10-11-12(17(4)16-10)18(13(14)15-11)7-8-19-9(2)3/h9H,5-8H2,1-4H3,(H2,14,15). The molecule has 2 rings (SSSR count). The molecule has 0 aliphatic heterocycles. The first-order valence-electron chi connectivity index (χ1n) is 6.83. The average molecular weight is 265 g/mol. The molecule has 0 bridgehead atoms. The van der Waals surface area contributed by atoms with E-state index in [9.17, 15) is 0 Å². The maximum Gasteiger partial charge on any atom is 0.202 e. The van der Waals surface area contributed by atoms with Gasteiger partial charge in [-0.3, -0.25) is 9.25 Å². The largest absolute Gasteiger partial charge is 0.377 e. The summed E-state index contributed by atoms with van der Waals surface area (Å²) in [5, 5.41) is 4.52. The Bertz CT molecular complexity index is 555. The highest BCUT2D eigenvalue weighted by atomic mass is 16.5. The van der Waals surface area contributed by atoms with Gasteiger partial charge < -0.3 is 10.5 Å². The number of aryl methyl sites for hydroxylation is 2. The van der Waals surface area contributed by atoms with Gasteiger partial charge in [0.2, 0.25) is 5.95 Å². The summed E-state index contributed by atoms with van der Waals surface area (Å²) in [5.41, 5.74) is 8.93. The predicted octanol–water partition coefficient (Wildman–Crippen LogP) is 1.73. The molecule has 0 saturated carbocycles. The second-order valence-electron chi connectivity index (χ2n) is 5.03. The smallest absolute Gasteiger partial charge is 0.202 e. The maximum atomic E-state index is 6.00. The molecule has 0 unspecified atom stereocenters. The SMILES string of the molecule is CCCc1nn(C)c2c1nc(N)n2CCOC(C)C. The van der Waals surface area contributed by atoms with Crippen LogP contribution < -0.4 is 5.73 Å². The van der Waals surface area contributed by atoms with Crippen molar-refractivity contribution in [2.24, 2.45) is 7.05 Å². The van der Waals surface area contributed by atoms with Crippen molar-refractivity contribution in [3.05, 3.63) is 5.69 Å². The van der Waals surface area contributed by atoms with Crippen LogP contribution in [0, 0.1) is 0 Å². The van der Waals surface area contributed by atoms with E-state index in [-0.39, 0.29) is 6.10 Å². The van der Waals surface area contributed by atoms with Crippen molar-refractivity contribution in [3.63, 3.8) is 0 Å². The Morgan fingerprint density at radius 1 is 1.37 bits per heavy atom. The zero-order valence-electron chi connectivity index (χ0n) is 12.2. The van der Waals surface area contributed by atoms with E-state index in [0.29, 0.717) is 19.1 Å². The number of hydrogen-bond acceptors (Lipinski definition) is 4. The third-order valence-electron chi connectivity index (χ3n) is 3.07. The van der Waals surface area contributed by atoms with Crippen molar-refractivity contribution in [1.82, 2.24) is 19.3 Å². The number of hydrogen-bond donors (Lipinski definition) is 1. The van der Waals surface area contributed by atoms with Crippen LogP contribution in [0.25, 0.3) is 11.2 Å². The van der Waals surface area contributed by atoms with E-state index in [1.807, 2.05) is 30.1 Å². The third kappa shape index (κ3) is 2.73. The molecule has 6 heteroatoms. The Hall–Kier alpha value is -1.56. The van der Waals surface area contributed by atoms with Gasteiger partial charge in [-0.1, -0.05) is 13.3 Å². The van der Waals surface area contributed by atoms with E-state index in [1.54, 1.807) is 0 Å². The average Bonchev–Trinajstić information content (AvgIpc) is 2.79. The van der Waals surface area contributed by atoms with Crippen LogP contribution in [0.1, 0.15) is 32.9 Å². The van der Waals surface area contributed by atoms with Gasteiger partial charge in [-0.25, -0.2) is 4.98 Å². The number of nitrogen functional groups attached to an aromatic ring is 1. The quantitative estimate of drug-likeness (QED) is 0.863. The number of nitrogens with two attached hydrogens (primary N) is 1. The van der Waals surface area contributed by atoms with Crippen molar-refractivity contribution in [2.75, 3.05) is 12.3 Å². The summed E-state index contributed by atoms with van der Waals surface area (Å²) in [4.78, 5) is 4.45. The minimum absolute atomic E-state index is 0.224. The van der Waals surface area contributed by atoms with Crippen LogP contribution >= 0.6 is 0 Å². The van der Waals surface area contributed by atoms with Crippen molar-refractivity contribution in [3.8, 4) is 0 Å². The Morgan fingerprint density at radius 2 is 2.11 bits per heavy atom. The van der Waals surface area contributed by atoms with Gasteiger partial charge in [0.25, 0.3) is 0 Å². The number of ether oxygens (including phenoxy) is 1. The molecule has 19 heavy (non-hydrogen) atoms. The first-order chi connectivity index (χ1) is 9.04. The first-order valence-corrected chi connectivity index (χ1v) is 6.83. The molecule has 2 N–H and O–H groups in total. The highest BCUT2D eigenvalue weighted by Crippen LogP contribution is 2.21. The lowest BCUT2D eigenvalue weighted by atomic mass is 10.2. The molecule has 0 saturated heterocycles. The van der Waals surface area contributed by atoms with Gasteiger partial charge in [0, 0.05) is 7.05 Å². The van der Waals surface area contributed by atoms with E-state index >= 15 is 0 Å². The molecule has 2 heterocycles. The summed E-state index contributed by atoms with van der Waals surface area (Å²) in [7, 11) is 1.93. The topological polar surface area (TPSA) is 70.9 Å². The molecular weight excluding hydrogens is 242 g/mol. The summed E-state index contributed by atoms with van der Waals surface area (Å²) in [6.45, 7) is 7.51. The van der Waals surface area contributed by atoms with Crippen LogP contribution in [0.3, 0.4) is 0 Å². The minimum Gasteiger partial charge on any atom is -0.377 e. The Balaban J connectivity index is 2.30. The van der Waals surface area contributed by atoms with Crippen molar-refractivity contribution < 1.29 is 4.74 Å². The van der Waals surface area contributed by atoms with Crippen LogP contribution in [0.5, 0.6) is 0 Å². The van der Waals surface area contributed by atoms with Gasteiger partial charge in [0.05, 0.1) is 24.9 Å². The Labute approximate surface area is 113 Å². The fourth-order valence-electron chi connectivity index (χ4n) is 2.26. The lowest BCUT2D eigenvalue weighted by molar-refractivity contribution is 0.0734. The van der Waals surface area contributed by atoms with Crippen molar-refractivity contribution in [1.29, 1.82) is 0 Å². The summed E-state index contributed by atoms with van der Waals surface area (Å²) in [6.07, 6.45) is 2.20. The summed E-state index contributed by atoms with van der Waals surface area (Å²) in [6, 6.07) is 0. The van der Waals surface area contributed by atoms with E-state index in [2.05, 4.69) is 17.0 Å². The summed E-state index contributed by atoms with van der Waals surface area (Å²) >= 11 is 0. The van der Waals surface area contributed by atoms with Gasteiger partial charge in [-0.05, 0) is 20.3 Å². The van der Waals surface area contributed by atoms with Gasteiger partial charge in [0.15, 0.2) is 5.65 Å². The summed E-state index contributed by atoms with van der Waals surface area (Å²) < 4.78 is 9.42. The van der Waals surface area contributed by atoms with E-state index in [1.165, 1.54) is 0 Å². The number of rotatable bonds is 6. The highest BCUT2D eigenvalue weighted by molar-refractivity contribution is 5.77. The highest BCUT2D eigenvalue weighted by Gasteiger charge is 2.17.